The Balaban J connectivity index is 1.28. The van der Waals surface area contributed by atoms with Crippen LogP contribution >= 0.6 is 8.53 Å². The minimum atomic E-state index is -1.74. The van der Waals surface area contributed by atoms with Crippen LogP contribution in [-0.4, -0.2) is 77.8 Å². The highest BCUT2D eigenvalue weighted by Gasteiger charge is 2.45. The van der Waals surface area contributed by atoms with Gasteiger partial charge in [-0.25, -0.2) is 14.4 Å². The second kappa shape index (κ2) is 19.5. The van der Waals surface area contributed by atoms with Crippen molar-refractivity contribution >= 4 is 26.2 Å². The summed E-state index contributed by atoms with van der Waals surface area (Å²) < 4.78 is 41.9. The highest BCUT2D eigenvalue weighted by Crippen LogP contribution is 2.51. The van der Waals surface area contributed by atoms with E-state index >= 15 is 0 Å². The maximum Gasteiger partial charge on any atom is 0.351 e. The smallest absolute Gasteiger partial charge is 0.351 e. The number of methoxy groups -OCH3 is 2. The molecule has 1 aromatic heterocycles. The molecule has 322 valence electrons. The molecule has 0 radical (unpaired) electrons. The molecule has 1 unspecified atom stereocenters. The first-order valence-corrected chi connectivity index (χ1v) is 21.6. The zero-order valence-electron chi connectivity index (χ0n) is 35.5. The van der Waals surface area contributed by atoms with Gasteiger partial charge in [0.25, 0.3) is 20.3 Å². The van der Waals surface area contributed by atoms with Gasteiger partial charge in [0.05, 0.1) is 57.2 Å². The van der Waals surface area contributed by atoms with E-state index in [4.69, 9.17) is 28.0 Å². The lowest BCUT2D eigenvalue weighted by molar-refractivity contribution is -0.0925. The number of fused-ring (bicyclic) bond motifs is 1. The molecule has 7 rings (SSSR count). The summed E-state index contributed by atoms with van der Waals surface area (Å²) in [7, 11) is 1.49. The van der Waals surface area contributed by atoms with Crippen LogP contribution in [0.2, 0.25) is 0 Å². The van der Waals surface area contributed by atoms with Gasteiger partial charge in [0, 0.05) is 24.7 Å². The van der Waals surface area contributed by atoms with Gasteiger partial charge in [0.2, 0.25) is 0 Å². The number of hydrogen-bond donors (Lipinski definition) is 0. The van der Waals surface area contributed by atoms with Crippen LogP contribution in [0, 0.1) is 11.3 Å². The molecule has 15 heteroatoms. The van der Waals surface area contributed by atoms with Crippen molar-refractivity contribution in [3.63, 3.8) is 0 Å². The number of imide groups is 1. The van der Waals surface area contributed by atoms with E-state index in [9.17, 15) is 19.6 Å². The minimum Gasteiger partial charge on any atom is -0.497 e. The molecule has 2 amide bonds. The standard InChI is InChI=1S/C47H50N5O9P/c1-31(2)52(32(3)4)62(59-28-12-26-48)61-40-29-43(50-27-25-42(49-46(50)55)51-44(53)38-15-10-11-16-39(38)45(51)54)60-41(40)30-58-47(33-13-8-7-9-14-33,34-17-21-36(56-5)22-18-34)35-19-23-37(57-6)24-20-35/h7-11,13-25,27,31-32,40-41,43H,12,28-30H2,1-6H3/t40-,41+,43+,62?/m0/s1. The summed E-state index contributed by atoms with van der Waals surface area (Å²) in [6, 6.07) is 35.4. The lowest BCUT2D eigenvalue weighted by Crippen LogP contribution is -2.39. The predicted molar refractivity (Wildman–Crippen MR) is 233 cm³/mol. The van der Waals surface area contributed by atoms with E-state index in [-0.39, 0.29) is 55.1 Å². The molecule has 1 saturated heterocycles. The van der Waals surface area contributed by atoms with Crippen molar-refractivity contribution in [2.45, 2.75) is 76.7 Å². The molecule has 3 heterocycles. The number of ether oxygens (including phenoxy) is 4. The number of carbonyl (C=O) groups excluding carboxylic acids is 2. The number of rotatable bonds is 18. The fraction of sp³-hybridized carbons (Fsp3) is 0.340. The number of aromatic nitrogens is 2. The lowest BCUT2D eigenvalue weighted by Gasteiger charge is -2.39. The van der Waals surface area contributed by atoms with Gasteiger partial charge in [-0.05, 0) is 86.8 Å². The SMILES string of the molecule is COc1ccc(C(OC[C@H]2O[C@@H](n3ccc(N4C(=O)c5ccccc5C4=O)nc3=O)C[C@@H]2OP(OCCC#N)N(C(C)C)C(C)C)(c2ccccc2)c2ccc(OC)cc2)cc1. The van der Waals surface area contributed by atoms with Gasteiger partial charge in [-0.15, -0.1) is 0 Å². The third-order valence-electron chi connectivity index (χ3n) is 10.9. The van der Waals surface area contributed by atoms with E-state index in [2.05, 4.69) is 43.4 Å². The average molecular weight is 860 g/mol. The molecule has 0 N–H and O–H groups in total. The predicted octanol–water partition coefficient (Wildman–Crippen LogP) is 8.02. The molecule has 0 spiro atoms. The summed E-state index contributed by atoms with van der Waals surface area (Å²) >= 11 is 0. The zero-order chi connectivity index (χ0) is 44.0. The molecule has 1 fully saturated rings. The Morgan fingerprint density at radius 3 is 1.87 bits per heavy atom. The van der Waals surface area contributed by atoms with Crippen LogP contribution in [0.1, 0.15) is 84.2 Å². The monoisotopic (exact) mass is 859 g/mol. The second-order valence-corrected chi connectivity index (χ2v) is 16.7. The number of anilines is 1. The Morgan fingerprint density at radius 2 is 1.35 bits per heavy atom. The van der Waals surface area contributed by atoms with Gasteiger partial charge < -0.3 is 28.0 Å². The highest BCUT2D eigenvalue weighted by molar-refractivity contribution is 7.44. The summed E-state index contributed by atoms with van der Waals surface area (Å²) in [6.45, 7) is 8.36. The molecule has 2 aliphatic rings. The third-order valence-corrected chi connectivity index (χ3v) is 13.0. The summed E-state index contributed by atoms with van der Waals surface area (Å²) in [4.78, 5) is 45.6. The molecular weight excluding hydrogens is 810 g/mol. The number of nitrogens with zero attached hydrogens (tertiary/aromatic N) is 5. The topological polar surface area (TPSA) is 155 Å². The summed E-state index contributed by atoms with van der Waals surface area (Å²) in [5.74, 6) is 0.155. The lowest BCUT2D eigenvalue weighted by atomic mass is 9.80. The van der Waals surface area contributed by atoms with Crippen LogP contribution < -0.4 is 20.1 Å². The van der Waals surface area contributed by atoms with Crippen molar-refractivity contribution in [3.8, 4) is 17.6 Å². The highest BCUT2D eigenvalue weighted by atomic mass is 31.2. The Morgan fingerprint density at radius 1 is 0.806 bits per heavy atom. The molecule has 14 nitrogen and oxygen atoms in total. The van der Waals surface area contributed by atoms with Crippen molar-refractivity contribution in [1.29, 1.82) is 5.26 Å². The first-order valence-electron chi connectivity index (χ1n) is 20.5. The largest absolute Gasteiger partial charge is 0.497 e. The van der Waals surface area contributed by atoms with E-state index in [1.54, 1.807) is 38.5 Å². The Labute approximate surface area is 362 Å². The van der Waals surface area contributed by atoms with E-state index < -0.39 is 50.1 Å². The normalized spacial score (nSPS) is 18.1. The van der Waals surface area contributed by atoms with Gasteiger partial charge >= 0.3 is 5.69 Å². The number of carbonyl (C=O) groups is 2. The van der Waals surface area contributed by atoms with Crippen molar-refractivity contribution in [1.82, 2.24) is 14.2 Å². The number of nitriles is 1. The quantitative estimate of drug-likeness (QED) is 0.0363. The van der Waals surface area contributed by atoms with Gasteiger partial charge in [-0.3, -0.25) is 14.2 Å². The molecule has 4 atom stereocenters. The molecule has 62 heavy (non-hydrogen) atoms. The maximum atomic E-state index is 13.9. The van der Waals surface area contributed by atoms with E-state index in [0.717, 1.165) is 21.6 Å². The zero-order valence-corrected chi connectivity index (χ0v) is 36.4. The van der Waals surface area contributed by atoms with Crippen molar-refractivity contribution in [2.75, 3.05) is 32.3 Å². The molecule has 5 aromatic rings. The first-order chi connectivity index (χ1) is 30.0. The van der Waals surface area contributed by atoms with E-state index in [0.29, 0.717) is 11.5 Å². The first kappa shape index (κ1) is 44.3. The van der Waals surface area contributed by atoms with E-state index in [1.165, 1.54) is 16.8 Å². The van der Waals surface area contributed by atoms with E-state index in [1.807, 2.05) is 78.9 Å². The molecule has 0 bridgehead atoms. The van der Waals surface area contributed by atoms with Crippen LogP contribution in [0.25, 0.3) is 0 Å². The van der Waals surface area contributed by atoms with Crippen molar-refractivity contribution < 1.29 is 37.6 Å². The van der Waals surface area contributed by atoms with Gasteiger partial charge in [-0.1, -0.05) is 66.7 Å². The Hall–Kier alpha value is -5.78. The summed E-state index contributed by atoms with van der Waals surface area (Å²) in [5.41, 5.74) is 1.06. The third kappa shape index (κ3) is 8.92. The fourth-order valence-electron chi connectivity index (χ4n) is 7.97. The van der Waals surface area contributed by atoms with Crippen LogP contribution in [0.5, 0.6) is 11.5 Å². The fourth-order valence-corrected chi connectivity index (χ4v) is 9.73. The van der Waals surface area contributed by atoms with Crippen molar-refractivity contribution in [3.05, 3.63) is 154 Å². The molecule has 0 saturated carbocycles. The second-order valence-electron chi connectivity index (χ2n) is 15.3. The number of benzene rings is 4. The summed E-state index contributed by atoms with van der Waals surface area (Å²) in [5, 5.41) is 9.39. The van der Waals surface area contributed by atoms with Crippen molar-refractivity contribution in [2.24, 2.45) is 0 Å². The van der Waals surface area contributed by atoms with Gasteiger partial charge in [0.1, 0.15) is 35.2 Å². The molecule has 2 aliphatic heterocycles. The Bertz CT molecular complexity index is 2350. The molecule has 0 aliphatic carbocycles. The molecular formula is C47H50N5O9P. The van der Waals surface area contributed by atoms with Crippen LogP contribution in [0.15, 0.2) is 120 Å². The Kier molecular flexibility index (Phi) is 13.9. The average Bonchev–Trinajstić information content (AvgIpc) is 3.80. The minimum absolute atomic E-state index is 0.0197. The maximum absolute atomic E-state index is 13.9. The number of amides is 2. The number of hydrogen-bond acceptors (Lipinski definition) is 12. The van der Waals surface area contributed by atoms with Crippen LogP contribution in [-0.2, 0) is 24.1 Å². The molecule has 4 aromatic carbocycles. The van der Waals surface area contributed by atoms with Gasteiger partial charge in [0.15, 0.2) is 0 Å². The summed E-state index contributed by atoms with van der Waals surface area (Å²) in [6.07, 6.45) is -0.504. The van der Waals surface area contributed by atoms with Crippen LogP contribution in [0.4, 0.5) is 5.82 Å². The van der Waals surface area contributed by atoms with Gasteiger partial charge in [-0.2, -0.15) is 10.2 Å². The van der Waals surface area contributed by atoms with Crippen LogP contribution in [0.3, 0.4) is 0 Å².